The zero-order valence-electron chi connectivity index (χ0n) is 18.0. The van der Waals surface area contributed by atoms with Gasteiger partial charge in [0.1, 0.15) is 17.6 Å². The number of rotatable bonds is 4. The Hall–Kier alpha value is -3.22. The van der Waals surface area contributed by atoms with Crippen LogP contribution in [0, 0.1) is 5.92 Å². The number of anilines is 2. The van der Waals surface area contributed by atoms with Gasteiger partial charge in [-0.2, -0.15) is 0 Å². The van der Waals surface area contributed by atoms with Crippen molar-refractivity contribution in [3.8, 4) is 11.5 Å². The molecule has 1 atom stereocenters. The molecule has 1 fully saturated rings. The quantitative estimate of drug-likeness (QED) is 0.802. The highest BCUT2D eigenvalue weighted by Gasteiger charge is 2.33. The van der Waals surface area contributed by atoms with Gasteiger partial charge in [0.2, 0.25) is 5.91 Å². The van der Waals surface area contributed by atoms with Crippen LogP contribution < -0.4 is 19.7 Å². The first-order valence-corrected chi connectivity index (χ1v) is 10.9. The molecule has 2 aromatic rings. The van der Waals surface area contributed by atoms with Crippen molar-refractivity contribution in [1.29, 1.82) is 0 Å². The molecule has 0 bridgehead atoms. The Balaban J connectivity index is 1.33. The van der Waals surface area contributed by atoms with Crippen LogP contribution in [0.2, 0.25) is 0 Å². The molecule has 0 aliphatic carbocycles. The molecule has 1 unspecified atom stereocenters. The highest BCUT2D eigenvalue weighted by molar-refractivity contribution is 5.95. The van der Waals surface area contributed by atoms with Gasteiger partial charge in [-0.05, 0) is 63.1 Å². The summed E-state index contributed by atoms with van der Waals surface area (Å²) in [6.45, 7) is 6.16. The van der Waals surface area contributed by atoms with Gasteiger partial charge >= 0.3 is 6.03 Å². The monoisotopic (exact) mass is 423 g/mol. The number of ether oxygens (including phenoxy) is 2. The Morgan fingerprint density at radius 3 is 2.52 bits per heavy atom. The van der Waals surface area contributed by atoms with Crippen LogP contribution in [0.4, 0.5) is 16.2 Å². The van der Waals surface area contributed by atoms with Crippen LogP contribution in [0.15, 0.2) is 48.5 Å². The third-order valence-electron chi connectivity index (χ3n) is 5.72. The number of nitrogens with zero attached hydrogens (tertiary/aromatic N) is 2. The van der Waals surface area contributed by atoms with Crippen LogP contribution in [0.1, 0.15) is 26.7 Å². The zero-order chi connectivity index (χ0) is 21.8. The minimum Gasteiger partial charge on any atom is -0.494 e. The number of carbonyl (C=O) groups excluding carboxylic acids is 2. The number of hydrogen-bond donors (Lipinski definition) is 1. The number of nitrogens with one attached hydrogen (secondary N) is 1. The van der Waals surface area contributed by atoms with Crippen molar-refractivity contribution in [3.63, 3.8) is 0 Å². The molecule has 164 valence electrons. The molecule has 1 N–H and O–H groups in total. The number of carbonyl (C=O) groups is 2. The lowest BCUT2D eigenvalue weighted by atomic mass is 9.96. The minimum atomic E-state index is -0.105. The standard InChI is InChI=1S/C24H29N3O4/c1-3-30-20-10-8-19(9-11-20)25-23(28)18-12-14-26(15-13-18)24(29)27-16-17(2)31-22-7-5-4-6-21(22)27/h4-11,17-18H,3,12-16H2,1-2H3,(H,25,28). The highest BCUT2D eigenvalue weighted by atomic mass is 16.5. The molecular formula is C24H29N3O4. The van der Waals surface area contributed by atoms with E-state index in [1.54, 1.807) is 4.90 Å². The number of piperidine rings is 1. The number of fused-ring (bicyclic) bond motifs is 1. The number of benzene rings is 2. The average Bonchev–Trinajstić information content (AvgIpc) is 2.79. The fourth-order valence-corrected chi connectivity index (χ4v) is 4.12. The van der Waals surface area contributed by atoms with Crippen molar-refractivity contribution >= 4 is 23.3 Å². The summed E-state index contributed by atoms with van der Waals surface area (Å²) < 4.78 is 11.3. The predicted octanol–water partition coefficient (Wildman–Crippen LogP) is 4.14. The van der Waals surface area contributed by atoms with Gasteiger partial charge in [0, 0.05) is 24.7 Å². The molecule has 0 saturated carbocycles. The Bertz CT molecular complexity index is 923. The molecule has 1 saturated heterocycles. The van der Waals surface area contributed by atoms with Crippen molar-refractivity contribution < 1.29 is 19.1 Å². The zero-order valence-corrected chi connectivity index (χ0v) is 18.0. The van der Waals surface area contributed by atoms with Gasteiger partial charge in [-0.15, -0.1) is 0 Å². The Morgan fingerprint density at radius 1 is 1.10 bits per heavy atom. The normalized spacial score (nSPS) is 18.7. The first-order chi connectivity index (χ1) is 15.0. The molecule has 3 amide bonds. The van der Waals surface area contributed by atoms with E-state index in [0.717, 1.165) is 22.9 Å². The largest absolute Gasteiger partial charge is 0.494 e. The molecule has 2 aliphatic rings. The first kappa shape index (κ1) is 21.0. The predicted molar refractivity (Wildman–Crippen MR) is 120 cm³/mol. The fourth-order valence-electron chi connectivity index (χ4n) is 4.12. The summed E-state index contributed by atoms with van der Waals surface area (Å²) in [7, 11) is 0. The fraction of sp³-hybridized carbons (Fsp3) is 0.417. The second-order valence-electron chi connectivity index (χ2n) is 8.00. The highest BCUT2D eigenvalue weighted by Crippen LogP contribution is 2.34. The van der Waals surface area contributed by atoms with E-state index >= 15 is 0 Å². The number of para-hydroxylation sites is 2. The Labute approximate surface area is 182 Å². The van der Waals surface area contributed by atoms with Gasteiger partial charge in [0.25, 0.3) is 0 Å². The Morgan fingerprint density at radius 2 is 1.81 bits per heavy atom. The molecule has 2 aromatic carbocycles. The van der Waals surface area contributed by atoms with Gasteiger partial charge in [0.05, 0.1) is 18.8 Å². The van der Waals surface area contributed by atoms with Crippen LogP contribution in [-0.4, -0.2) is 49.2 Å². The maximum atomic E-state index is 13.2. The molecule has 31 heavy (non-hydrogen) atoms. The van der Waals surface area contributed by atoms with E-state index in [2.05, 4.69) is 5.32 Å². The summed E-state index contributed by atoms with van der Waals surface area (Å²) in [6, 6.07) is 15.0. The third kappa shape index (κ3) is 4.76. The van der Waals surface area contributed by atoms with Crippen molar-refractivity contribution in [1.82, 2.24) is 4.90 Å². The second-order valence-corrected chi connectivity index (χ2v) is 8.00. The van der Waals surface area contributed by atoms with Crippen LogP contribution in [0.3, 0.4) is 0 Å². The summed E-state index contributed by atoms with van der Waals surface area (Å²) in [5.41, 5.74) is 1.56. The van der Waals surface area contributed by atoms with E-state index in [0.29, 0.717) is 39.1 Å². The number of hydrogen-bond acceptors (Lipinski definition) is 4. The van der Waals surface area contributed by atoms with Gasteiger partial charge in [-0.25, -0.2) is 4.79 Å². The van der Waals surface area contributed by atoms with Gasteiger partial charge in [0.15, 0.2) is 0 Å². The number of urea groups is 1. The molecule has 7 heteroatoms. The van der Waals surface area contributed by atoms with E-state index < -0.39 is 0 Å². The molecule has 7 nitrogen and oxygen atoms in total. The number of likely N-dealkylation sites (tertiary alicyclic amines) is 1. The van der Waals surface area contributed by atoms with E-state index in [4.69, 9.17) is 9.47 Å². The van der Waals surface area contributed by atoms with E-state index in [1.807, 2.05) is 67.3 Å². The molecule has 0 radical (unpaired) electrons. The lowest BCUT2D eigenvalue weighted by molar-refractivity contribution is -0.121. The van der Waals surface area contributed by atoms with Crippen molar-refractivity contribution in [2.75, 3.05) is 36.5 Å². The lowest BCUT2D eigenvalue weighted by Crippen LogP contribution is -2.51. The lowest BCUT2D eigenvalue weighted by Gasteiger charge is -2.39. The third-order valence-corrected chi connectivity index (χ3v) is 5.72. The summed E-state index contributed by atoms with van der Waals surface area (Å²) in [5.74, 6) is 1.42. The SMILES string of the molecule is CCOc1ccc(NC(=O)C2CCN(C(=O)N3CC(C)Oc4ccccc43)CC2)cc1. The van der Waals surface area contributed by atoms with Gasteiger partial charge in [-0.3, -0.25) is 9.69 Å². The minimum absolute atomic E-state index is 0.00148. The summed E-state index contributed by atoms with van der Waals surface area (Å²) in [4.78, 5) is 29.5. The molecule has 0 aromatic heterocycles. The topological polar surface area (TPSA) is 71.1 Å². The summed E-state index contributed by atoms with van der Waals surface area (Å²) in [6.07, 6.45) is 1.24. The molecule has 4 rings (SSSR count). The maximum absolute atomic E-state index is 13.2. The van der Waals surface area contributed by atoms with Gasteiger partial charge in [-0.1, -0.05) is 12.1 Å². The molecule has 2 aliphatic heterocycles. The number of amides is 3. The van der Waals surface area contributed by atoms with Crippen LogP contribution in [0.5, 0.6) is 11.5 Å². The van der Waals surface area contributed by atoms with E-state index in [-0.39, 0.29) is 24.0 Å². The molecule has 2 heterocycles. The van der Waals surface area contributed by atoms with Crippen LogP contribution >= 0.6 is 0 Å². The van der Waals surface area contributed by atoms with Crippen molar-refractivity contribution in [2.24, 2.45) is 5.92 Å². The van der Waals surface area contributed by atoms with Crippen LogP contribution in [-0.2, 0) is 4.79 Å². The first-order valence-electron chi connectivity index (χ1n) is 10.9. The molecular weight excluding hydrogens is 394 g/mol. The van der Waals surface area contributed by atoms with Crippen molar-refractivity contribution in [2.45, 2.75) is 32.8 Å². The maximum Gasteiger partial charge on any atom is 0.324 e. The second kappa shape index (κ2) is 9.29. The van der Waals surface area contributed by atoms with Crippen molar-refractivity contribution in [3.05, 3.63) is 48.5 Å². The Kier molecular flexibility index (Phi) is 6.30. The van der Waals surface area contributed by atoms with Crippen LogP contribution in [0.25, 0.3) is 0 Å². The van der Waals surface area contributed by atoms with E-state index in [9.17, 15) is 9.59 Å². The summed E-state index contributed by atoms with van der Waals surface area (Å²) in [5, 5.41) is 2.98. The average molecular weight is 424 g/mol. The smallest absolute Gasteiger partial charge is 0.324 e. The summed E-state index contributed by atoms with van der Waals surface area (Å²) >= 11 is 0. The van der Waals surface area contributed by atoms with Gasteiger partial charge < -0.3 is 19.7 Å². The molecule has 0 spiro atoms. The van der Waals surface area contributed by atoms with E-state index in [1.165, 1.54) is 0 Å².